The molecule has 29 heavy (non-hydrogen) atoms. The van der Waals surface area contributed by atoms with E-state index in [2.05, 4.69) is 15.0 Å². The number of halogens is 2. The minimum Gasteiger partial charge on any atom is -0.369 e. The maximum Gasteiger partial charge on any atom is 0.267 e. The van der Waals surface area contributed by atoms with Crippen molar-refractivity contribution in [2.24, 2.45) is 10.7 Å². The number of rotatable bonds is 4. The first kappa shape index (κ1) is 18.7. The Morgan fingerprint density at radius 2 is 1.86 bits per heavy atom. The van der Waals surface area contributed by atoms with Gasteiger partial charge in [-0.2, -0.15) is 0 Å². The van der Waals surface area contributed by atoms with Crippen LogP contribution >= 0.6 is 0 Å². The number of aromatic nitrogens is 2. The summed E-state index contributed by atoms with van der Waals surface area (Å²) in [6.45, 7) is 0. The lowest BCUT2D eigenvalue weighted by Gasteiger charge is -2.25. The van der Waals surface area contributed by atoms with Crippen LogP contribution in [0.4, 0.5) is 8.78 Å². The maximum atomic E-state index is 13.2. The number of hydrogen-bond donors (Lipinski definition) is 1. The van der Waals surface area contributed by atoms with E-state index >= 15 is 0 Å². The van der Waals surface area contributed by atoms with Gasteiger partial charge in [0.25, 0.3) is 12.3 Å². The molecule has 1 aliphatic rings. The van der Waals surface area contributed by atoms with Gasteiger partial charge < -0.3 is 5.73 Å². The standard InChI is InChI=1S/C21H17F2N5O/c1-28-19(29)21(27-20(28)24,17-8-7-15(12-26-17)18(22)23)16-6-2-4-13(10-16)14-5-3-9-25-11-14/h2-12,18H,1H3,(H2,24,27). The number of nitrogens with zero attached hydrogens (tertiary/aromatic N) is 4. The highest BCUT2D eigenvalue weighted by Gasteiger charge is 2.50. The minimum absolute atomic E-state index is 0.0292. The normalized spacial score (nSPS) is 19.0. The molecule has 3 heterocycles. The zero-order valence-corrected chi connectivity index (χ0v) is 15.5. The number of pyridine rings is 2. The van der Waals surface area contributed by atoms with Gasteiger partial charge >= 0.3 is 0 Å². The summed E-state index contributed by atoms with van der Waals surface area (Å²) < 4.78 is 25.9. The number of guanidine groups is 1. The predicted molar refractivity (Wildman–Crippen MR) is 104 cm³/mol. The Hall–Kier alpha value is -3.68. The van der Waals surface area contributed by atoms with Crippen molar-refractivity contribution >= 4 is 11.9 Å². The van der Waals surface area contributed by atoms with Crippen molar-refractivity contribution in [3.05, 3.63) is 83.9 Å². The fraction of sp³-hybridized carbons (Fsp3) is 0.143. The van der Waals surface area contributed by atoms with E-state index in [0.717, 1.165) is 17.3 Å². The summed E-state index contributed by atoms with van der Waals surface area (Å²) in [5.41, 5.74) is 6.62. The van der Waals surface area contributed by atoms with Gasteiger partial charge in [0.1, 0.15) is 0 Å². The fourth-order valence-corrected chi connectivity index (χ4v) is 3.35. The first-order chi connectivity index (χ1) is 13.9. The molecule has 0 fully saturated rings. The summed E-state index contributed by atoms with van der Waals surface area (Å²) in [5, 5.41) is 0. The van der Waals surface area contributed by atoms with Gasteiger partial charge in [0, 0.05) is 31.2 Å². The molecule has 0 bridgehead atoms. The summed E-state index contributed by atoms with van der Waals surface area (Å²) >= 11 is 0. The highest BCUT2D eigenvalue weighted by molar-refractivity contribution is 6.08. The summed E-state index contributed by atoms with van der Waals surface area (Å²) in [7, 11) is 1.52. The Bertz CT molecular complexity index is 1090. The summed E-state index contributed by atoms with van der Waals surface area (Å²) in [6.07, 6.45) is 1.78. The van der Waals surface area contributed by atoms with Crippen molar-refractivity contribution in [2.75, 3.05) is 7.05 Å². The Morgan fingerprint density at radius 3 is 2.45 bits per heavy atom. The molecule has 0 aliphatic carbocycles. The molecule has 0 radical (unpaired) electrons. The highest BCUT2D eigenvalue weighted by atomic mass is 19.3. The van der Waals surface area contributed by atoms with Gasteiger partial charge in [0.2, 0.25) is 5.54 Å². The van der Waals surface area contributed by atoms with Crippen molar-refractivity contribution in [2.45, 2.75) is 12.0 Å². The summed E-state index contributed by atoms with van der Waals surface area (Å²) in [6, 6.07) is 13.6. The van der Waals surface area contributed by atoms with Gasteiger partial charge in [-0.15, -0.1) is 0 Å². The highest BCUT2D eigenvalue weighted by Crippen LogP contribution is 2.39. The van der Waals surface area contributed by atoms with Crippen LogP contribution < -0.4 is 5.73 Å². The number of benzene rings is 1. The van der Waals surface area contributed by atoms with E-state index in [1.54, 1.807) is 24.5 Å². The monoisotopic (exact) mass is 393 g/mol. The predicted octanol–water partition coefficient (Wildman–Crippen LogP) is 3.11. The van der Waals surface area contributed by atoms with Gasteiger partial charge in [0.05, 0.1) is 5.69 Å². The molecule has 1 atom stereocenters. The minimum atomic E-state index is -2.66. The molecule has 1 unspecified atom stereocenters. The van der Waals surface area contributed by atoms with E-state index in [1.165, 1.54) is 24.1 Å². The van der Waals surface area contributed by atoms with Crippen molar-refractivity contribution in [3.63, 3.8) is 0 Å². The third-order valence-corrected chi connectivity index (χ3v) is 4.92. The third kappa shape index (κ3) is 3.02. The number of amides is 1. The maximum absolute atomic E-state index is 13.2. The number of carbonyl (C=O) groups excluding carboxylic acids is 1. The van der Waals surface area contributed by atoms with Crippen LogP contribution in [0, 0.1) is 0 Å². The van der Waals surface area contributed by atoms with Crippen LogP contribution in [0.2, 0.25) is 0 Å². The molecular weight excluding hydrogens is 376 g/mol. The third-order valence-electron chi connectivity index (χ3n) is 4.92. The van der Waals surface area contributed by atoms with Crippen LogP contribution in [0.25, 0.3) is 11.1 Å². The Balaban J connectivity index is 1.90. The van der Waals surface area contributed by atoms with Crippen LogP contribution in [-0.2, 0) is 10.3 Å². The summed E-state index contributed by atoms with van der Waals surface area (Å²) in [4.78, 5) is 27.2. The molecule has 2 N–H and O–H groups in total. The Kier molecular flexibility index (Phi) is 4.54. The number of nitrogens with two attached hydrogens (primary N) is 1. The van der Waals surface area contributed by atoms with E-state index in [0.29, 0.717) is 5.56 Å². The lowest BCUT2D eigenvalue weighted by Crippen LogP contribution is -2.41. The fourth-order valence-electron chi connectivity index (χ4n) is 3.35. The van der Waals surface area contributed by atoms with Crippen LogP contribution in [0.3, 0.4) is 0 Å². The second kappa shape index (κ2) is 7.05. The van der Waals surface area contributed by atoms with Crippen LogP contribution in [0.15, 0.2) is 72.1 Å². The van der Waals surface area contributed by atoms with Crippen LogP contribution in [0.1, 0.15) is 23.2 Å². The number of aliphatic imine (C=N–C) groups is 1. The molecule has 0 saturated carbocycles. The van der Waals surface area contributed by atoms with Gasteiger partial charge in [0.15, 0.2) is 5.96 Å². The first-order valence-electron chi connectivity index (χ1n) is 8.82. The lowest BCUT2D eigenvalue weighted by atomic mass is 9.84. The van der Waals surface area contributed by atoms with Crippen LogP contribution in [-0.4, -0.2) is 33.8 Å². The van der Waals surface area contributed by atoms with Crippen molar-refractivity contribution in [3.8, 4) is 11.1 Å². The van der Waals surface area contributed by atoms with E-state index < -0.39 is 17.9 Å². The lowest BCUT2D eigenvalue weighted by molar-refractivity contribution is -0.129. The molecule has 1 aromatic carbocycles. The molecule has 0 saturated heterocycles. The topological polar surface area (TPSA) is 84.5 Å². The number of hydrogen-bond acceptors (Lipinski definition) is 5. The molecule has 3 aromatic rings. The molecule has 146 valence electrons. The van der Waals surface area contributed by atoms with Gasteiger partial charge in [-0.1, -0.05) is 24.3 Å². The second-order valence-corrected chi connectivity index (χ2v) is 6.64. The molecule has 4 rings (SSSR count). The van der Waals surface area contributed by atoms with Gasteiger partial charge in [-0.3, -0.25) is 19.7 Å². The van der Waals surface area contributed by atoms with E-state index in [1.807, 2.05) is 24.3 Å². The Labute approximate surface area is 165 Å². The van der Waals surface area contributed by atoms with Crippen molar-refractivity contribution in [1.82, 2.24) is 14.9 Å². The molecule has 1 aliphatic heterocycles. The smallest absolute Gasteiger partial charge is 0.267 e. The molecular formula is C21H17F2N5O. The molecule has 0 spiro atoms. The van der Waals surface area contributed by atoms with Crippen LogP contribution in [0.5, 0.6) is 0 Å². The number of carbonyl (C=O) groups is 1. The van der Waals surface area contributed by atoms with Crippen molar-refractivity contribution < 1.29 is 13.6 Å². The average molecular weight is 393 g/mol. The summed E-state index contributed by atoms with van der Waals surface area (Å²) in [5.74, 6) is -0.378. The Morgan fingerprint density at radius 1 is 1.07 bits per heavy atom. The molecule has 1 amide bonds. The van der Waals surface area contributed by atoms with E-state index in [-0.39, 0.29) is 17.2 Å². The first-order valence-corrected chi connectivity index (χ1v) is 8.82. The average Bonchev–Trinajstić information content (AvgIpc) is 2.99. The number of alkyl halides is 2. The SMILES string of the molecule is CN1C(=O)C(c2cccc(-c3cccnc3)c2)(c2ccc(C(F)F)cn2)N=C1N. The van der Waals surface area contributed by atoms with Crippen molar-refractivity contribution in [1.29, 1.82) is 0 Å². The number of likely N-dealkylation sites (N-methyl/N-ethyl adjacent to an activating group) is 1. The molecule has 8 heteroatoms. The quantitative estimate of drug-likeness (QED) is 0.738. The molecule has 6 nitrogen and oxygen atoms in total. The van der Waals surface area contributed by atoms with E-state index in [4.69, 9.17) is 5.73 Å². The largest absolute Gasteiger partial charge is 0.369 e. The second-order valence-electron chi connectivity index (χ2n) is 6.64. The van der Waals surface area contributed by atoms with E-state index in [9.17, 15) is 13.6 Å². The van der Waals surface area contributed by atoms with Gasteiger partial charge in [-0.05, 0) is 41.0 Å². The molecule has 2 aromatic heterocycles. The zero-order chi connectivity index (χ0) is 20.6. The van der Waals surface area contributed by atoms with Gasteiger partial charge in [-0.25, -0.2) is 13.8 Å². The zero-order valence-electron chi connectivity index (χ0n) is 15.5.